The number of non-ortho nitro benzene ring substituents is 1. The average molecular weight is 240 g/mol. The molecule has 0 aromatic heterocycles. The number of nitro groups is 1. The highest BCUT2D eigenvalue weighted by atomic mass is 35.5. The summed E-state index contributed by atoms with van der Waals surface area (Å²) >= 11 is 5.87. The Kier molecular flexibility index (Phi) is 3.79. The Hall–Kier alpha value is -1.68. The van der Waals surface area contributed by atoms with Crippen molar-refractivity contribution >= 4 is 29.1 Å². The second-order valence-electron chi connectivity index (χ2n) is 3.35. The van der Waals surface area contributed by atoms with E-state index in [9.17, 15) is 14.9 Å². The molecule has 0 aliphatic heterocycles. The maximum absolute atomic E-state index is 11.0. The van der Waals surface area contributed by atoms with Crippen LogP contribution < -0.4 is 0 Å². The lowest BCUT2D eigenvalue weighted by Gasteiger charge is -2.00. The van der Waals surface area contributed by atoms with Crippen molar-refractivity contribution in [2.45, 2.75) is 13.8 Å². The quantitative estimate of drug-likeness (QED) is 0.462. The van der Waals surface area contributed by atoms with Gasteiger partial charge < -0.3 is 0 Å². The van der Waals surface area contributed by atoms with Gasteiger partial charge in [0, 0.05) is 22.7 Å². The SMILES string of the molecule is CC(=O)/C(C)=C/c1cc([N+](=O)[O-])ccc1Cl. The minimum atomic E-state index is -0.503. The zero-order chi connectivity index (χ0) is 12.3. The highest BCUT2D eigenvalue weighted by molar-refractivity contribution is 6.32. The summed E-state index contributed by atoms with van der Waals surface area (Å²) in [4.78, 5) is 21.1. The van der Waals surface area contributed by atoms with E-state index in [1.165, 1.54) is 31.2 Å². The first kappa shape index (κ1) is 12.4. The molecule has 84 valence electrons. The summed E-state index contributed by atoms with van der Waals surface area (Å²) in [5.74, 6) is -0.0948. The molecule has 1 aromatic carbocycles. The van der Waals surface area contributed by atoms with E-state index in [1.807, 2.05) is 0 Å². The molecule has 0 fully saturated rings. The van der Waals surface area contributed by atoms with E-state index in [1.54, 1.807) is 6.92 Å². The first-order valence-corrected chi connectivity index (χ1v) is 4.93. The van der Waals surface area contributed by atoms with Crippen molar-refractivity contribution in [3.63, 3.8) is 0 Å². The Bertz CT molecular complexity index is 480. The highest BCUT2D eigenvalue weighted by Gasteiger charge is 2.08. The number of carbonyl (C=O) groups is 1. The fraction of sp³-hybridized carbons (Fsp3) is 0.182. The van der Waals surface area contributed by atoms with Crippen LogP contribution in [0.1, 0.15) is 19.4 Å². The fourth-order valence-corrected chi connectivity index (χ4v) is 1.26. The normalized spacial score (nSPS) is 11.3. The number of hydrogen-bond donors (Lipinski definition) is 0. The van der Waals surface area contributed by atoms with E-state index in [4.69, 9.17) is 11.6 Å². The molecule has 0 N–H and O–H groups in total. The van der Waals surface area contributed by atoms with Crippen molar-refractivity contribution in [2.24, 2.45) is 0 Å². The molecule has 0 atom stereocenters. The van der Waals surface area contributed by atoms with Gasteiger partial charge in [0.05, 0.1) is 4.92 Å². The van der Waals surface area contributed by atoms with E-state index in [-0.39, 0.29) is 11.5 Å². The van der Waals surface area contributed by atoms with Gasteiger partial charge in [0.1, 0.15) is 0 Å². The summed E-state index contributed by atoms with van der Waals surface area (Å²) in [6.45, 7) is 3.06. The molecule has 0 saturated carbocycles. The molecular weight excluding hydrogens is 230 g/mol. The van der Waals surface area contributed by atoms with E-state index in [0.717, 1.165) is 0 Å². The second kappa shape index (κ2) is 4.90. The lowest BCUT2D eigenvalue weighted by molar-refractivity contribution is -0.384. The van der Waals surface area contributed by atoms with Crippen LogP contribution in [0.15, 0.2) is 23.8 Å². The summed E-state index contributed by atoms with van der Waals surface area (Å²) in [5.41, 5.74) is 0.929. The average Bonchev–Trinajstić information content (AvgIpc) is 2.20. The molecular formula is C11H10ClNO3. The number of Topliss-reactive ketones (excluding diaryl/α,β-unsaturated/α-hetero) is 1. The summed E-state index contributed by atoms with van der Waals surface area (Å²) in [6, 6.07) is 4.11. The lowest BCUT2D eigenvalue weighted by atomic mass is 10.1. The first-order chi connectivity index (χ1) is 7.41. The van der Waals surface area contributed by atoms with Crippen LogP contribution in [0.5, 0.6) is 0 Å². The van der Waals surface area contributed by atoms with Crippen molar-refractivity contribution in [3.8, 4) is 0 Å². The number of benzene rings is 1. The van der Waals surface area contributed by atoms with Crippen molar-refractivity contribution in [3.05, 3.63) is 44.5 Å². The van der Waals surface area contributed by atoms with Gasteiger partial charge in [-0.2, -0.15) is 0 Å². The van der Waals surface area contributed by atoms with Gasteiger partial charge in [0.2, 0.25) is 0 Å². The van der Waals surface area contributed by atoms with E-state index in [0.29, 0.717) is 16.2 Å². The van der Waals surface area contributed by atoms with Crippen molar-refractivity contribution in [1.29, 1.82) is 0 Å². The first-order valence-electron chi connectivity index (χ1n) is 4.55. The van der Waals surface area contributed by atoms with Gasteiger partial charge in [-0.3, -0.25) is 14.9 Å². The number of nitro benzene ring substituents is 1. The number of nitrogens with zero attached hydrogens (tertiary/aromatic N) is 1. The van der Waals surface area contributed by atoms with Gasteiger partial charge in [-0.1, -0.05) is 11.6 Å². The van der Waals surface area contributed by atoms with Gasteiger partial charge in [0.15, 0.2) is 5.78 Å². The van der Waals surface area contributed by atoms with Gasteiger partial charge >= 0.3 is 0 Å². The van der Waals surface area contributed by atoms with Crippen molar-refractivity contribution in [1.82, 2.24) is 0 Å². The number of hydrogen-bond acceptors (Lipinski definition) is 3. The molecule has 0 aliphatic carbocycles. The maximum atomic E-state index is 11.0. The van der Waals surface area contributed by atoms with Crippen molar-refractivity contribution < 1.29 is 9.72 Å². The predicted octanol–water partition coefficient (Wildman–Crippen LogP) is 3.24. The molecule has 0 heterocycles. The predicted molar refractivity (Wildman–Crippen MR) is 62.4 cm³/mol. The van der Waals surface area contributed by atoms with E-state index in [2.05, 4.69) is 0 Å². The number of rotatable bonds is 3. The molecule has 0 amide bonds. The van der Waals surface area contributed by atoms with Crippen LogP contribution in [0, 0.1) is 10.1 Å². The monoisotopic (exact) mass is 239 g/mol. The smallest absolute Gasteiger partial charge is 0.270 e. The molecule has 0 spiro atoms. The van der Waals surface area contributed by atoms with Crippen LogP contribution in [0.4, 0.5) is 5.69 Å². The van der Waals surface area contributed by atoms with Crippen LogP contribution in [-0.2, 0) is 4.79 Å². The fourth-order valence-electron chi connectivity index (χ4n) is 1.09. The molecule has 0 unspecified atom stereocenters. The van der Waals surface area contributed by atoms with Crippen molar-refractivity contribution in [2.75, 3.05) is 0 Å². The van der Waals surface area contributed by atoms with Gasteiger partial charge in [-0.05, 0) is 31.6 Å². The van der Waals surface area contributed by atoms with E-state index >= 15 is 0 Å². The number of ketones is 1. The van der Waals surface area contributed by atoms with E-state index < -0.39 is 4.92 Å². The standard InChI is InChI=1S/C11H10ClNO3/c1-7(8(2)14)5-9-6-10(13(15)16)3-4-11(9)12/h3-6H,1-2H3/b7-5+. The zero-order valence-electron chi connectivity index (χ0n) is 8.86. The Morgan fingerprint density at radius 3 is 2.56 bits per heavy atom. The summed E-state index contributed by atoms with van der Waals surface area (Å²) in [7, 11) is 0. The Morgan fingerprint density at radius 2 is 2.06 bits per heavy atom. The third-order valence-electron chi connectivity index (χ3n) is 2.12. The third-order valence-corrected chi connectivity index (χ3v) is 2.46. The number of halogens is 1. The van der Waals surface area contributed by atoms with Gasteiger partial charge in [-0.25, -0.2) is 0 Å². The molecule has 16 heavy (non-hydrogen) atoms. The summed E-state index contributed by atoms with van der Waals surface area (Å²) in [5, 5.41) is 10.9. The number of allylic oxidation sites excluding steroid dienone is 1. The topological polar surface area (TPSA) is 60.2 Å². The summed E-state index contributed by atoms with van der Waals surface area (Å²) < 4.78 is 0. The zero-order valence-corrected chi connectivity index (χ0v) is 9.62. The maximum Gasteiger partial charge on any atom is 0.270 e. The number of carbonyl (C=O) groups excluding carboxylic acids is 1. The second-order valence-corrected chi connectivity index (χ2v) is 3.75. The van der Waals surface area contributed by atoms with Crippen LogP contribution in [-0.4, -0.2) is 10.7 Å². The molecule has 4 nitrogen and oxygen atoms in total. The Labute approximate surface area is 97.7 Å². The minimum absolute atomic E-state index is 0.0491. The molecule has 0 saturated heterocycles. The molecule has 5 heteroatoms. The molecule has 0 bridgehead atoms. The van der Waals surface area contributed by atoms with Crippen LogP contribution in [0.3, 0.4) is 0 Å². The van der Waals surface area contributed by atoms with Crippen LogP contribution >= 0.6 is 11.6 Å². The molecule has 0 radical (unpaired) electrons. The lowest BCUT2D eigenvalue weighted by Crippen LogP contribution is -1.92. The largest absolute Gasteiger partial charge is 0.295 e. The van der Waals surface area contributed by atoms with Crippen LogP contribution in [0.2, 0.25) is 5.02 Å². The summed E-state index contributed by atoms with van der Waals surface area (Å²) in [6.07, 6.45) is 1.54. The Balaban J connectivity index is 3.23. The van der Waals surface area contributed by atoms with Gasteiger partial charge in [-0.15, -0.1) is 0 Å². The van der Waals surface area contributed by atoms with Gasteiger partial charge in [0.25, 0.3) is 5.69 Å². The third kappa shape index (κ3) is 2.90. The van der Waals surface area contributed by atoms with Crippen LogP contribution in [0.25, 0.3) is 6.08 Å². The molecule has 0 aliphatic rings. The highest BCUT2D eigenvalue weighted by Crippen LogP contribution is 2.24. The Morgan fingerprint density at radius 1 is 1.44 bits per heavy atom. The minimum Gasteiger partial charge on any atom is -0.295 e. The molecule has 1 rings (SSSR count). The molecule has 1 aromatic rings.